The van der Waals surface area contributed by atoms with Gasteiger partial charge < -0.3 is 4.74 Å². The van der Waals surface area contributed by atoms with Crippen molar-refractivity contribution in [3.63, 3.8) is 0 Å². The van der Waals surface area contributed by atoms with Crippen molar-refractivity contribution in [2.24, 2.45) is 0 Å². The molecule has 0 aliphatic carbocycles. The Kier molecular flexibility index (Phi) is 3.28. The van der Waals surface area contributed by atoms with Crippen LogP contribution < -0.4 is 9.47 Å². The van der Waals surface area contributed by atoms with Crippen LogP contribution in [-0.2, 0) is 6.61 Å². The maximum Gasteiger partial charge on any atom is 0.271 e. The highest BCUT2D eigenvalue weighted by Gasteiger charge is 2.09. The number of pyridine rings is 1. The van der Waals surface area contributed by atoms with Crippen LogP contribution >= 0.6 is 0 Å². The van der Waals surface area contributed by atoms with Crippen LogP contribution in [0, 0.1) is 13.8 Å². The van der Waals surface area contributed by atoms with Crippen LogP contribution in [0.3, 0.4) is 0 Å². The van der Waals surface area contributed by atoms with Crippen LogP contribution in [0.2, 0.25) is 0 Å². The van der Waals surface area contributed by atoms with Gasteiger partial charge in [0.25, 0.3) is 5.69 Å². The minimum absolute atomic E-state index is 0.348. The summed E-state index contributed by atoms with van der Waals surface area (Å²) in [5.74, 6) is 0.847. The van der Waals surface area contributed by atoms with E-state index in [0.717, 1.165) is 16.0 Å². The van der Waals surface area contributed by atoms with Gasteiger partial charge in [0.05, 0.1) is 0 Å². The van der Waals surface area contributed by atoms with E-state index in [1.165, 1.54) is 5.56 Å². The minimum Gasteiger partial charge on any atom is -0.482 e. The van der Waals surface area contributed by atoms with E-state index >= 15 is 0 Å². The monoisotopic (exact) mass is 230 g/mol. The topological polar surface area (TPSA) is 33.3 Å². The normalized spacial score (nSPS) is 10.2. The van der Waals surface area contributed by atoms with Gasteiger partial charge in [0.15, 0.2) is 6.61 Å². The van der Waals surface area contributed by atoms with Gasteiger partial charge in [-0.3, -0.25) is 5.21 Å². The van der Waals surface area contributed by atoms with E-state index in [2.05, 4.69) is 13.0 Å². The number of hydrogen-bond acceptors (Lipinski definition) is 2. The Balaban J connectivity index is 2.10. The molecule has 0 unspecified atom stereocenters. The Morgan fingerprint density at radius 1 is 1.18 bits per heavy atom. The van der Waals surface area contributed by atoms with E-state index in [4.69, 9.17) is 4.74 Å². The molecule has 3 heteroatoms. The van der Waals surface area contributed by atoms with Gasteiger partial charge in [-0.25, -0.2) is 0 Å². The Morgan fingerprint density at radius 2 is 2.00 bits per heavy atom. The van der Waals surface area contributed by atoms with Crippen molar-refractivity contribution < 1.29 is 14.7 Å². The summed E-state index contributed by atoms with van der Waals surface area (Å²) in [5.41, 5.74) is 3.03. The van der Waals surface area contributed by atoms with Crippen molar-refractivity contribution >= 4 is 0 Å². The van der Waals surface area contributed by atoms with Gasteiger partial charge in [-0.2, -0.15) is 0 Å². The smallest absolute Gasteiger partial charge is 0.271 e. The first-order valence-electron chi connectivity index (χ1n) is 5.55. The highest BCUT2D eigenvalue weighted by molar-refractivity contribution is 5.35. The molecule has 3 nitrogen and oxygen atoms in total. The molecule has 0 fully saturated rings. The fourth-order valence-corrected chi connectivity index (χ4v) is 1.70. The van der Waals surface area contributed by atoms with Crippen LogP contribution in [0.15, 0.2) is 42.6 Å². The maximum atomic E-state index is 9.54. The average molecular weight is 230 g/mol. The molecule has 0 spiro atoms. The molecule has 0 bridgehead atoms. The zero-order valence-electron chi connectivity index (χ0n) is 10.1. The van der Waals surface area contributed by atoms with Gasteiger partial charge in [0, 0.05) is 16.9 Å². The highest BCUT2D eigenvalue weighted by atomic mass is 16.5. The first-order valence-corrected chi connectivity index (χ1v) is 5.55. The summed E-state index contributed by atoms with van der Waals surface area (Å²) >= 11 is 0. The molecule has 0 amide bonds. The Hall–Kier alpha value is -2.03. The first-order chi connectivity index (χ1) is 8.16. The second-order valence-electron chi connectivity index (χ2n) is 4.09. The summed E-state index contributed by atoms with van der Waals surface area (Å²) in [4.78, 5) is 0. The predicted octanol–water partition coefficient (Wildman–Crippen LogP) is 2.41. The summed E-state index contributed by atoms with van der Waals surface area (Å²) in [5, 5.41) is 9.54. The van der Waals surface area contributed by atoms with Crippen molar-refractivity contribution in [1.82, 2.24) is 0 Å². The summed E-state index contributed by atoms with van der Waals surface area (Å²) < 4.78 is 6.75. The van der Waals surface area contributed by atoms with Crippen molar-refractivity contribution in [2.45, 2.75) is 20.5 Å². The van der Waals surface area contributed by atoms with Gasteiger partial charge >= 0.3 is 0 Å². The summed E-state index contributed by atoms with van der Waals surface area (Å²) in [6, 6.07) is 11.5. The van der Waals surface area contributed by atoms with E-state index < -0.39 is 0 Å². The van der Waals surface area contributed by atoms with E-state index in [1.54, 1.807) is 12.3 Å². The van der Waals surface area contributed by atoms with Gasteiger partial charge in [-0.05, 0) is 31.5 Å². The maximum absolute atomic E-state index is 9.54. The van der Waals surface area contributed by atoms with Crippen molar-refractivity contribution in [2.75, 3.05) is 0 Å². The number of nitrogens with zero attached hydrogens (tertiary/aromatic N) is 1. The molecule has 0 radical (unpaired) electrons. The quantitative estimate of drug-likeness (QED) is 0.649. The number of aryl methyl sites for hydroxylation is 2. The van der Waals surface area contributed by atoms with E-state index in [0.29, 0.717) is 12.3 Å². The van der Waals surface area contributed by atoms with E-state index in [9.17, 15) is 5.21 Å². The summed E-state index contributed by atoms with van der Waals surface area (Å²) in [7, 11) is 0. The first kappa shape index (κ1) is 11.5. The van der Waals surface area contributed by atoms with Crippen molar-refractivity contribution in [1.29, 1.82) is 0 Å². The van der Waals surface area contributed by atoms with Crippen molar-refractivity contribution in [3.05, 3.63) is 59.4 Å². The second-order valence-corrected chi connectivity index (χ2v) is 4.09. The van der Waals surface area contributed by atoms with Crippen LogP contribution in [0.1, 0.15) is 16.8 Å². The molecule has 0 saturated carbocycles. The fourth-order valence-electron chi connectivity index (χ4n) is 1.70. The zero-order valence-corrected chi connectivity index (χ0v) is 10.1. The summed E-state index contributed by atoms with van der Waals surface area (Å²) in [6.45, 7) is 4.41. The van der Waals surface area contributed by atoms with Crippen LogP contribution in [0.4, 0.5) is 0 Å². The van der Waals surface area contributed by atoms with Crippen LogP contribution in [0.25, 0.3) is 0 Å². The lowest BCUT2D eigenvalue weighted by Crippen LogP contribution is -2.35. The van der Waals surface area contributed by atoms with Crippen molar-refractivity contribution in [3.8, 4) is 5.75 Å². The molecule has 0 aliphatic rings. The minimum atomic E-state index is 0.348. The number of hydrogen-bond donors (Lipinski definition) is 1. The molecule has 0 aliphatic heterocycles. The number of benzene rings is 1. The Bertz CT molecular complexity index is 523. The third-order valence-electron chi connectivity index (χ3n) is 2.63. The summed E-state index contributed by atoms with van der Waals surface area (Å²) in [6.07, 6.45) is 1.58. The number of ether oxygens (including phenoxy) is 1. The van der Waals surface area contributed by atoms with Crippen LogP contribution in [0.5, 0.6) is 5.75 Å². The molecule has 17 heavy (non-hydrogen) atoms. The molecule has 0 saturated heterocycles. The fraction of sp³-hybridized carbons (Fsp3) is 0.214. The van der Waals surface area contributed by atoms with E-state index in [1.807, 2.05) is 31.2 Å². The molecule has 1 heterocycles. The number of aromatic nitrogens is 1. The molecule has 0 atom stereocenters. The molecule has 2 aromatic rings. The molecule has 1 aromatic carbocycles. The highest BCUT2D eigenvalue weighted by Crippen LogP contribution is 2.19. The lowest BCUT2D eigenvalue weighted by Gasteiger charge is -2.07. The Morgan fingerprint density at radius 3 is 2.71 bits per heavy atom. The van der Waals surface area contributed by atoms with E-state index in [-0.39, 0.29) is 0 Å². The molecule has 1 N–H and O–H groups in total. The van der Waals surface area contributed by atoms with Gasteiger partial charge in [-0.1, -0.05) is 17.7 Å². The zero-order chi connectivity index (χ0) is 12.3. The second kappa shape index (κ2) is 4.87. The SMILES string of the molecule is Cc1ccc(OCc2cccc[n+]2O)c(C)c1. The van der Waals surface area contributed by atoms with Gasteiger partial charge in [0.1, 0.15) is 5.75 Å². The largest absolute Gasteiger partial charge is 0.482 e. The lowest BCUT2D eigenvalue weighted by molar-refractivity contribution is -0.910. The lowest BCUT2D eigenvalue weighted by atomic mass is 10.1. The molecule has 88 valence electrons. The average Bonchev–Trinajstić information content (AvgIpc) is 2.30. The van der Waals surface area contributed by atoms with Gasteiger partial charge in [0.2, 0.25) is 6.20 Å². The predicted molar refractivity (Wildman–Crippen MR) is 64.1 cm³/mol. The third kappa shape index (κ3) is 2.75. The van der Waals surface area contributed by atoms with Crippen LogP contribution in [-0.4, -0.2) is 5.21 Å². The molecule has 2 rings (SSSR count). The molecular formula is C14H16NO2+. The number of rotatable bonds is 3. The Labute approximate surface area is 101 Å². The van der Waals surface area contributed by atoms with Gasteiger partial charge in [-0.15, -0.1) is 0 Å². The third-order valence-corrected chi connectivity index (χ3v) is 2.63. The molecule has 1 aromatic heterocycles. The molecular weight excluding hydrogens is 214 g/mol. The standard InChI is InChI=1S/C14H16NO2/c1-11-6-7-14(12(2)9-11)17-10-13-5-3-4-8-15(13)16/h3-9,16H,10H2,1-2H3/q+1.